The Morgan fingerprint density at radius 1 is 1.19 bits per heavy atom. The van der Waals surface area contributed by atoms with E-state index in [0.29, 0.717) is 24.5 Å². The molecular weight excluding hydrogens is 274 g/mol. The number of hydrogen-bond acceptors (Lipinski definition) is 4. The fourth-order valence-corrected chi connectivity index (χ4v) is 1.77. The number of para-hydroxylation sites is 2. The zero-order chi connectivity index (χ0) is 15.7. The molecule has 1 atom stereocenters. The summed E-state index contributed by atoms with van der Waals surface area (Å²) in [5.74, 6) is -0.231. The number of nitrogens with one attached hydrogen (secondary N) is 1. The van der Waals surface area contributed by atoms with Crippen LogP contribution in [0, 0.1) is 0 Å². The molecule has 0 spiro atoms. The summed E-state index contributed by atoms with van der Waals surface area (Å²) >= 11 is 0. The molecule has 0 heterocycles. The third-order valence-corrected chi connectivity index (χ3v) is 2.79. The molecule has 1 aromatic rings. The third-order valence-electron chi connectivity index (χ3n) is 2.79. The lowest BCUT2D eigenvalue weighted by molar-refractivity contribution is -0.137. The van der Waals surface area contributed by atoms with Crippen molar-refractivity contribution in [3.05, 3.63) is 24.3 Å². The summed E-state index contributed by atoms with van der Waals surface area (Å²) in [6, 6.07) is 6.69. The molecule has 21 heavy (non-hydrogen) atoms. The summed E-state index contributed by atoms with van der Waals surface area (Å²) in [6.45, 7) is 4.00. The predicted octanol–water partition coefficient (Wildman–Crippen LogP) is 1.83. The minimum atomic E-state index is -0.940. The highest BCUT2D eigenvalue weighted by molar-refractivity contribution is 5.78. The molecule has 1 amide bonds. The molecular formula is C15H21NO5. The Labute approximate surface area is 124 Å². The molecule has 0 bridgehead atoms. The normalized spacial score (nSPS) is 11.5. The number of carboxylic acid groups (broad SMARTS) is 1. The highest BCUT2D eigenvalue weighted by Crippen LogP contribution is 2.26. The Bertz CT molecular complexity index is 475. The van der Waals surface area contributed by atoms with Gasteiger partial charge in [-0.3, -0.25) is 9.59 Å². The predicted molar refractivity (Wildman–Crippen MR) is 77.6 cm³/mol. The second kappa shape index (κ2) is 8.84. The zero-order valence-corrected chi connectivity index (χ0v) is 12.3. The lowest BCUT2D eigenvalue weighted by Crippen LogP contribution is -2.38. The molecule has 1 aromatic carbocycles. The molecule has 1 rings (SSSR count). The van der Waals surface area contributed by atoms with Gasteiger partial charge >= 0.3 is 5.97 Å². The van der Waals surface area contributed by atoms with Gasteiger partial charge < -0.3 is 19.9 Å². The van der Waals surface area contributed by atoms with Crippen LogP contribution in [0.15, 0.2) is 24.3 Å². The van der Waals surface area contributed by atoms with Gasteiger partial charge in [0, 0.05) is 6.04 Å². The van der Waals surface area contributed by atoms with Gasteiger partial charge in [0.05, 0.1) is 13.0 Å². The number of carboxylic acids is 1. The molecule has 0 aliphatic heterocycles. The second-order valence-electron chi connectivity index (χ2n) is 4.44. The maximum Gasteiger partial charge on any atom is 0.305 e. The van der Waals surface area contributed by atoms with Gasteiger partial charge in [0.15, 0.2) is 18.1 Å². The molecule has 6 heteroatoms. The molecule has 0 saturated heterocycles. The van der Waals surface area contributed by atoms with Crippen molar-refractivity contribution in [3.8, 4) is 11.5 Å². The molecule has 116 valence electrons. The van der Waals surface area contributed by atoms with E-state index in [9.17, 15) is 9.59 Å². The van der Waals surface area contributed by atoms with Gasteiger partial charge in [-0.25, -0.2) is 0 Å². The van der Waals surface area contributed by atoms with E-state index in [-0.39, 0.29) is 25.0 Å². The molecule has 0 saturated carbocycles. The summed E-state index contributed by atoms with van der Waals surface area (Å²) in [5, 5.41) is 11.4. The highest BCUT2D eigenvalue weighted by atomic mass is 16.5. The van der Waals surface area contributed by atoms with E-state index in [0.717, 1.165) is 0 Å². The average molecular weight is 295 g/mol. The molecule has 0 radical (unpaired) electrons. The van der Waals surface area contributed by atoms with Crippen molar-refractivity contribution in [1.82, 2.24) is 5.32 Å². The first-order valence-corrected chi connectivity index (χ1v) is 6.92. The molecule has 2 N–H and O–H groups in total. The van der Waals surface area contributed by atoms with Crippen LogP contribution in [0.1, 0.15) is 26.7 Å². The Morgan fingerprint density at radius 3 is 2.33 bits per heavy atom. The van der Waals surface area contributed by atoms with Crippen molar-refractivity contribution < 1.29 is 24.2 Å². The van der Waals surface area contributed by atoms with E-state index in [2.05, 4.69) is 5.32 Å². The molecule has 1 unspecified atom stereocenters. The summed E-state index contributed by atoms with van der Waals surface area (Å²) in [7, 11) is 0. The van der Waals surface area contributed by atoms with Gasteiger partial charge in [-0.1, -0.05) is 19.1 Å². The van der Waals surface area contributed by atoms with E-state index in [4.69, 9.17) is 14.6 Å². The van der Waals surface area contributed by atoms with Crippen LogP contribution < -0.4 is 14.8 Å². The average Bonchev–Trinajstić information content (AvgIpc) is 2.45. The van der Waals surface area contributed by atoms with Crippen LogP contribution >= 0.6 is 0 Å². The number of aliphatic carboxylic acids is 1. The minimum absolute atomic E-state index is 0.0994. The van der Waals surface area contributed by atoms with Crippen LogP contribution in [-0.4, -0.2) is 36.2 Å². The Morgan fingerprint density at radius 2 is 1.81 bits per heavy atom. The first-order valence-electron chi connectivity index (χ1n) is 6.92. The topological polar surface area (TPSA) is 84.9 Å². The van der Waals surface area contributed by atoms with Crippen molar-refractivity contribution in [2.45, 2.75) is 32.7 Å². The van der Waals surface area contributed by atoms with Crippen LogP contribution in [0.5, 0.6) is 11.5 Å². The van der Waals surface area contributed by atoms with Gasteiger partial charge in [0.1, 0.15) is 0 Å². The van der Waals surface area contributed by atoms with Crippen LogP contribution in [0.4, 0.5) is 0 Å². The van der Waals surface area contributed by atoms with E-state index >= 15 is 0 Å². The first kappa shape index (κ1) is 16.8. The fourth-order valence-electron chi connectivity index (χ4n) is 1.77. The summed E-state index contributed by atoms with van der Waals surface area (Å²) in [6.07, 6.45) is 0.450. The quantitative estimate of drug-likeness (QED) is 0.726. The maximum absolute atomic E-state index is 11.8. The number of rotatable bonds is 9. The van der Waals surface area contributed by atoms with E-state index < -0.39 is 5.97 Å². The fraction of sp³-hybridized carbons (Fsp3) is 0.467. The van der Waals surface area contributed by atoms with Gasteiger partial charge in [0.2, 0.25) is 0 Å². The molecule has 0 aliphatic carbocycles. The van der Waals surface area contributed by atoms with Crippen molar-refractivity contribution in [2.24, 2.45) is 0 Å². The number of hydrogen-bond donors (Lipinski definition) is 2. The standard InChI is InChI=1S/C15H21NO5/c1-3-11(9-15(18)19)16-14(17)10-21-13-8-6-5-7-12(13)20-4-2/h5-8,11H,3-4,9-10H2,1-2H3,(H,16,17)(H,18,19). The van der Waals surface area contributed by atoms with Gasteiger partial charge in [0.25, 0.3) is 5.91 Å². The van der Waals surface area contributed by atoms with E-state index in [1.54, 1.807) is 18.2 Å². The Kier molecular flexibility index (Phi) is 7.08. The molecule has 0 aliphatic rings. The Balaban J connectivity index is 2.51. The van der Waals surface area contributed by atoms with Crippen LogP contribution in [-0.2, 0) is 9.59 Å². The number of ether oxygens (including phenoxy) is 2. The summed E-state index contributed by atoms with van der Waals surface area (Å²) in [4.78, 5) is 22.4. The largest absolute Gasteiger partial charge is 0.490 e. The van der Waals surface area contributed by atoms with Crippen molar-refractivity contribution >= 4 is 11.9 Å². The van der Waals surface area contributed by atoms with Crippen LogP contribution in [0.25, 0.3) is 0 Å². The van der Waals surface area contributed by atoms with Gasteiger partial charge in [-0.05, 0) is 25.5 Å². The van der Waals surface area contributed by atoms with Crippen LogP contribution in [0.2, 0.25) is 0 Å². The minimum Gasteiger partial charge on any atom is -0.490 e. The lowest BCUT2D eigenvalue weighted by atomic mass is 10.1. The van der Waals surface area contributed by atoms with Crippen molar-refractivity contribution in [2.75, 3.05) is 13.2 Å². The molecule has 0 fully saturated rings. The number of carbonyl (C=O) groups excluding carboxylic acids is 1. The monoisotopic (exact) mass is 295 g/mol. The lowest BCUT2D eigenvalue weighted by Gasteiger charge is -2.16. The summed E-state index contributed by atoms with van der Waals surface area (Å²) in [5.41, 5.74) is 0. The Hall–Kier alpha value is -2.24. The zero-order valence-electron chi connectivity index (χ0n) is 12.3. The maximum atomic E-state index is 11.8. The van der Waals surface area contributed by atoms with Gasteiger partial charge in [-0.15, -0.1) is 0 Å². The van der Waals surface area contributed by atoms with Crippen LogP contribution in [0.3, 0.4) is 0 Å². The number of amides is 1. The van der Waals surface area contributed by atoms with E-state index in [1.165, 1.54) is 0 Å². The SMILES string of the molecule is CCOc1ccccc1OCC(=O)NC(CC)CC(=O)O. The number of carbonyl (C=O) groups is 2. The van der Waals surface area contributed by atoms with E-state index in [1.807, 2.05) is 19.9 Å². The third kappa shape index (κ3) is 6.16. The molecule has 0 aromatic heterocycles. The highest BCUT2D eigenvalue weighted by Gasteiger charge is 2.15. The van der Waals surface area contributed by atoms with Crippen molar-refractivity contribution in [3.63, 3.8) is 0 Å². The first-order chi connectivity index (χ1) is 10.1. The number of benzene rings is 1. The summed E-state index contributed by atoms with van der Waals surface area (Å²) < 4.78 is 10.8. The van der Waals surface area contributed by atoms with Crippen molar-refractivity contribution in [1.29, 1.82) is 0 Å². The second-order valence-corrected chi connectivity index (χ2v) is 4.44. The van der Waals surface area contributed by atoms with Gasteiger partial charge in [-0.2, -0.15) is 0 Å². The smallest absolute Gasteiger partial charge is 0.305 e. The molecule has 6 nitrogen and oxygen atoms in total.